The third-order valence-electron chi connectivity index (χ3n) is 3.19. The number of benzene rings is 2. The number of nitrogens with one attached hydrogen (secondary N) is 2. The Labute approximate surface area is 149 Å². The summed E-state index contributed by atoms with van der Waals surface area (Å²) in [4.78, 5) is 12.2. The van der Waals surface area contributed by atoms with Gasteiger partial charge in [0.25, 0.3) is 5.91 Å². The zero-order chi connectivity index (χ0) is 17.4. The normalized spacial score (nSPS) is 10.6. The first-order valence-corrected chi connectivity index (χ1v) is 7.96. The Morgan fingerprint density at radius 2 is 1.96 bits per heavy atom. The maximum absolute atomic E-state index is 12.2. The third kappa shape index (κ3) is 4.86. The van der Waals surface area contributed by atoms with E-state index < -0.39 is 5.91 Å². The fraction of sp³-hybridized carbons (Fsp3) is 0.111. The van der Waals surface area contributed by atoms with Crippen LogP contribution < -0.4 is 15.4 Å². The molecule has 0 atom stereocenters. The lowest BCUT2D eigenvalue weighted by atomic mass is 10.2. The van der Waals surface area contributed by atoms with Crippen molar-refractivity contribution in [1.29, 1.82) is 5.26 Å². The summed E-state index contributed by atoms with van der Waals surface area (Å²) in [6, 6.07) is 16.7. The second kappa shape index (κ2) is 8.75. The molecule has 2 N–H and O–H groups in total. The number of halogens is 1. The summed E-state index contributed by atoms with van der Waals surface area (Å²) in [5.41, 5.74) is 1.54. The largest absolute Gasteiger partial charge is 0.495 e. The fourth-order valence-electron chi connectivity index (χ4n) is 1.96. The molecule has 0 unspecified atom stereocenters. The zero-order valence-corrected chi connectivity index (χ0v) is 14.6. The van der Waals surface area contributed by atoms with Crippen molar-refractivity contribution in [2.75, 3.05) is 12.4 Å². The Bertz CT molecular complexity index is 780. The summed E-state index contributed by atoms with van der Waals surface area (Å²) >= 11 is 3.37. The van der Waals surface area contributed by atoms with Gasteiger partial charge in [0.15, 0.2) is 0 Å². The number of para-hydroxylation sites is 2. The lowest BCUT2D eigenvalue weighted by molar-refractivity contribution is -0.112. The highest BCUT2D eigenvalue weighted by Gasteiger charge is 2.11. The Morgan fingerprint density at radius 1 is 1.25 bits per heavy atom. The smallest absolute Gasteiger partial charge is 0.267 e. The molecule has 122 valence electrons. The third-order valence-corrected chi connectivity index (χ3v) is 3.71. The van der Waals surface area contributed by atoms with Crippen molar-refractivity contribution in [1.82, 2.24) is 5.32 Å². The molecule has 0 radical (unpaired) electrons. The zero-order valence-electron chi connectivity index (χ0n) is 13.0. The average Bonchev–Trinajstić information content (AvgIpc) is 2.60. The van der Waals surface area contributed by atoms with Crippen LogP contribution in [0, 0.1) is 11.3 Å². The number of nitrogens with zero attached hydrogens (tertiary/aromatic N) is 1. The topological polar surface area (TPSA) is 74.1 Å². The molecule has 2 aromatic carbocycles. The van der Waals surface area contributed by atoms with Crippen LogP contribution in [0.1, 0.15) is 5.56 Å². The van der Waals surface area contributed by atoms with Crippen LogP contribution in [0.3, 0.4) is 0 Å². The second-order valence-electron chi connectivity index (χ2n) is 4.83. The molecule has 0 aliphatic rings. The molecule has 5 nitrogen and oxygen atoms in total. The number of ether oxygens (including phenoxy) is 1. The number of nitriles is 1. The monoisotopic (exact) mass is 385 g/mol. The lowest BCUT2D eigenvalue weighted by Crippen LogP contribution is -2.17. The highest BCUT2D eigenvalue weighted by atomic mass is 79.9. The van der Waals surface area contributed by atoms with Crippen molar-refractivity contribution in [3.8, 4) is 11.8 Å². The van der Waals surface area contributed by atoms with Crippen molar-refractivity contribution in [2.45, 2.75) is 6.54 Å². The highest BCUT2D eigenvalue weighted by molar-refractivity contribution is 9.10. The van der Waals surface area contributed by atoms with Crippen LogP contribution in [0.5, 0.6) is 5.75 Å². The minimum Gasteiger partial charge on any atom is -0.495 e. The average molecular weight is 386 g/mol. The van der Waals surface area contributed by atoms with Crippen LogP contribution >= 0.6 is 15.9 Å². The first-order valence-electron chi connectivity index (χ1n) is 7.16. The molecule has 1 amide bonds. The van der Waals surface area contributed by atoms with Gasteiger partial charge >= 0.3 is 0 Å². The Hall–Kier alpha value is -2.78. The quantitative estimate of drug-likeness (QED) is 0.588. The van der Waals surface area contributed by atoms with Crippen molar-refractivity contribution >= 4 is 27.5 Å². The van der Waals surface area contributed by atoms with Gasteiger partial charge in [-0.1, -0.05) is 40.2 Å². The first-order chi connectivity index (χ1) is 11.6. The van der Waals surface area contributed by atoms with Gasteiger partial charge in [-0.2, -0.15) is 5.26 Å². The van der Waals surface area contributed by atoms with E-state index in [4.69, 9.17) is 4.74 Å². The molecular weight excluding hydrogens is 370 g/mol. The summed E-state index contributed by atoms with van der Waals surface area (Å²) in [5, 5.41) is 14.8. The van der Waals surface area contributed by atoms with E-state index in [1.54, 1.807) is 24.3 Å². The van der Waals surface area contributed by atoms with Crippen LogP contribution in [-0.2, 0) is 11.3 Å². The van der Waals surface area contributed by atoms with E-state index in [1.807, 2.05) is 30.3 Å². The molecule has 0 bridgehead atoms. The minimum atomic E-state index is -0.495. The van der Waals surface area contributed by atoms with E-state index in [-0.39, 0.29) is 5.57 Å². The molecule has 0 aliphatic carbocycles. The van der Waals surface area contributed by atoms with E-state index in [0.29, 0.717) is 18.0 Å². The van der Waals surface area contributed by atoms with Gasteiger partial charge in [-0.3, -0.25) is 4.79 Å². The van der Waals surface area contributed by atoms with Gasteiger partial charge in [-0.05, 0) is 29.8 Å². The molecule has 2 rings (SSSR count). The summed E-state index contributed by atoms with van der Waals surface area (Å²) in [6.45, 7) is 0.514. The van der Waals surface area contributed by atoms with Gasteiger partial charge in [0, 0.05) is 17.2 Å². The molecule has 0 aliphatic heterocycles. The van der Waals surface area contributed by atoms with Crippen LogP contribution in [0.4, 0.5) is 5.69 Å². The van der Waals surface area contributed by atoms with Crippen LogP contribution in [0.15, 0.2) is 64.8 Å². The molecule has 0 spiro atoms. The SMILES string of the molecule is COc1ccccc1NC(=O)/C(C#N)=C\NCc1ccc(Br)cc1. The summed E-state index contributed by atoms with van der Waals surface area (Å²) < 4.78 is 6.17. The van der Waals surface area contributed by atoms with Crippen molar-refractivity contribution < 1.29 is 9.53 Å². The van der Waals surface area contributed by atoms with Gasteiger partial charge in [0.05, 0.1) is 12.8 Å². The van der Waals surface area contributed by atoms with Crippen LogP contribution in [-0.4, -0.2) is 13.0 Å². The molecular formula is C18H16BrN3O2. The Morgan fingerprint density at radius 3 is 2.62 bits per heavy atom. The van der Waals surface area contributed by atoms with Crippen molar-refractivity contribution in [3.05, 3.63) is 70.3 Å². The highest BCUT2D eigenvalue weighted by Crippen LogP contribution is 2.23. The molecule has 2 aromatic rings. The standard InChI is InChI=1S/C18H16BrN3O2/c1-24-17-5-3-2-4-16(17)22-18(23)14(10-20)12-21-11-13-6-8-15(19)9-7-13/h2-9,12,21H,11H2,1H3,(H,22,23)/b14-12-. The second-order valence-corrected chi connectivity index (χ2v) is 5.75. The molecule has 24 heavy (non-hydrogen) atoms. The number of anilines is 1. The number of carbonyl (C=O) groups is 1. The number of amides is 1. The predicted molar refractivity (Wildman–Crippen MR) is 96.3 cm³/mol. The van der Waals surface area contributed by atoms with Crippen molar-refractivity contribution in [3.63, 3.8) is 0 Å². The fourth-order valence-corrected chi connectivity index (χ4v) is 2.22. The van der Waals surface area contributed by atoms with Gasteiger partial charge in [-0.25, -0.2) is 0 Å². The van der Waals surface area contributed by atoms with E-state index >= 15 is 0 Å². The van der Waals surface area contributed by atoms with Gasteiger partial charge in [-0.15, -0.1) is 0 Å². The minimum absolute atomic E-state index is 0.0157. The maximum atomic E-state index is 12.2. The number of hydrogen-bond acceptors (Lipinski definition) is 4. The number of carbonyl (C=O) groups excluding carboxylic acids is 1. The van der Waals surface area contributed by atoms with Crippen LogP contribution in [0.2, 0.25) is 0 Å². The Balaban J connectivity index is 2.00. The first kappa shape index (κ1) is 17.6. The predicted octanol–water partition coefficient (Wildman–Crippen LogP) is 3.59. The molecule has 0 aromatic heterocycles. The van der Waals surface area contributed by atoms with E-state index in [0.717, 1.165) is 10.0 Å². The van der Waals surface area contributed by atoms with Crippen LogP contribution in [0.25, 0.3) is 0 Å². The molecule has 6 heteroatoms. The lowest BCUT2D eigenvalue weighted by Gasteiger charge is -2.09. The molecule has 0 fully saturated rings. The molecule has 0 saturated carbocycles. The Kier molecular flexibility index (Phi) is 6.41. The van der Waals surface area contributed by atoms with Crippen molar-refractivity contribution in [2.24, 2.45) is 0 Å². The van der Waals surface area contributed by atoms with E-state index in [2.05, 4.69) is 26.6 Å². The number of rotatable bonds is 6. The number of methoxy groups -OCH3 is 1. The molecule has 0 heterocycles. The number of hydrogen-bond donors (Lipinski definition) is 2. The van der Waals surface area contributed by atoms with Gasteiger partial charge in [0.2, 0.25) is 0 Å². The summed E-state index contributed by atoms with van der Waals surface area (Å²) in [7, 11) is 1.52. The summed E-state index contributed by atoms with van der Waals surface area (Å²) in [6.07, 6.45) is 1.41. The van der Waals surface area contributed by atoms with Gasteiger partial charge < -0.3 is 15.4 Å². The molecule has 0 saturated heterocycles. The maximum Gasteiger partial charge on any atom is 0.267 e. The van der Waals surface area contributed by atoms with E-state index in [9.17, 15) is 10.1 Å². The van der Waals surface area contributed by atoms with E-state index in [1.165, 1.54) is 13.3 Å². The summed E-state index contributed by atoms with van der Waals surface area (Å²) in [5.74, 6) is 0.0382. The van der Waals surface area contributed by atoms with Gasteiger partial charge in [0.1, 0.15) is 17.4 Å².